The number of hydrogen-bond donors (Lipinski definition) is 0. The minimum atomic E-state index is -0.330. The molecule has 0 radical (unpaired) electrons. The molecule has 1 aromatic rings. The zero-order chi connectivity index (χ0) is 15.3. The van der Waals surface area contributed by atoms with Gasteiger partial charge in [0.05, 0.1) is 13.2 Å². The molecule has 0 saturated heterocycles. The topological polar surface area (TPSA) is 30.7 Å². The molecule has 1 aromatic carbocycles. The first-order valence-electron chi connectivity index (χ1n) is 7.92. The zero-order valence-corrected chi connectivity index (χ0v) is 12.9. The molecule has 0 unspecified atom stereocenters. The third-order valence-corrected chi connectivity index (χ3v) is 3.44. The van der Waals surface area contributed by atoms with Gasteiger partial charge in [-0.1, -0.05) is 70.1 Å². The Bertz CT molecular complexity index is 463. The molecule has 0 spiro atoms. The summed E-state index contributed by atoms with van der Waals surface area (Å²) in [5, 5.41) is 0. The van der Waals surface area contributed by atoms with Crippen molar-refractivity contribution in [3.63, 3.8) is 0 Å². The van der Waals surface area contributed by atoms with Crippen LogP contribution in [0.3, 0.4) is 0 Å². The van der Waals surface area contributed by atoms with Crippen molar-refractivity contribution < 1.29 is 9.53 Å². The lowest BCUT2D eigenvalue weighted by atomic mass is 10.1. The number of carbonyl (C=O) groups excluding carboxylic acids is 1. The molecule has 0 atom stereocenters. The molecule has 0 aliphatic rings. The maximum absolute atomic E-state index is 11.8. The molecule has 0 bridgehead atoms. The smallest absolute Gasteiger partial charge is 0.336 e. The standard InChI is InChI=1S/C18H25NO2/c1-3-4-5-6-7-8-9-10-14-21-18(20)16-12-11-13-17(15-16)19-2/h11-13,15H,3-10,14H2,1H3. The monoisotopic (exact) mass is 287 g/mol. The van der Waals surface area contributed by atoms with Gasteiger partial charge in [0.1, 0.15) is 0 Å². The van der Waals surface area contributed by atoms with Crippen LogP contribution in [0.25, 0.3) is 4.85 Å². The van der Waals surface area contributed by atoms with Crippen molar-refractivity contribution in [2.24, 2.45) is 0 Å². The SMILES string of the molecule is [C-]#[N+]c1cccc(C(=O)OCCCCCCCCCC)c1. The highest BCUT2D eigenvalue weighted by atomic mass is 16.5. The van der Waals surface area contributed by atoms with Crippen molar-refractivity contribution >= 4 is 11.7 Å². The van der Waals surface area contributed by atoms with Gasteiger partial charge in [-0.3, -0.25) is 0 Å². The van der Waals surface area contributed by atoms with Crippen LogP contribution in [-0.4, -0.2) is 12.6 Å². The summed E-state index contributed by atoms with van der Waals surface area (Å²) in [7, 11) is 0. The van der Waals surface area contributed by atoms with Gasteiger partial charge in [0.2, 0.25) is 0 Å². The van der Waals surface area contributed by atoms with E-state index in [0.29, 0.717) is 17.9 Å². The third kappa shape index (κ3) is 7.51. The first-order valence-corrected chi connectivity index (χ1v) is 7.92. The molecule has 0 heterocycles. The normalized spacial score (nSPS) is 10.1. The second-order valence-electron chi connectivity index (χ2n) is 5.27. The molecule has 0 aliphatic heterocycles. The number of esters is 1. The van der Waals surface area contributed by atoms with Gasteiger partial charge in [0.15, 0.2) is 5.69 Å². The number of unbranched alkanes of at least 4 members (excludes halogenated alkanes) is 7. The summed E-state index contributed by atoms with van der Waals surface area (Å²) >= 11 is 0. The Kier molecular flexibility index (Phi) is 8.95. The molecule has 3 heteroatoms. The summed E-state index contributed by atoms with van der Waals surface area (Å²) in [6, 6.07) is 6.65. The van der Waals surface area contributed by atoms with Crippen LogP contribution in [0.15, 0.2) is 24.3 Å². The van der Waals surface area contributed by atoms with Crippen LogP contribution < -0.4 is 0 Å². The van der Waals surface area contributed by atoms with Crippen LogP contribution in [0.1, 0.15) is 68.6 Å². The van der Waals surface area contributed by atoms with Gasteiger partial charge in [-0.25, -0.2) is 9.64 Å². The lowest BCUT2D eigenvalue weighted by Crippen LogP contribution is -2.06. The van der Waals surface area contributed by atoms with E-state index in [1.165, 1.54) is 38.5 Å². The van der Waals surface area contributed by atoms with Crippen molar-refractivity contribution in [1.29, 1.82) is 0 Å². The van der Waals surface area contributed by atoms with Gasteiger partial charge in [-0.05, 0) is 12.5 Å². The van der Waals surface area contributed by atoms with E-state index in [9.17, 15) is 4.79 Å². The molecular formula is C18H25NO2. The van der Waals surface area contributed by atoms with Gasteiger partial charge >= 0.3 is 5.97 Å². The largest absolute Gasteiger partial charge is 0.462 e. The average Bonchev–Trinajstić information content (AvgIpc) is 2.53. The lowest BCUT2D eigenvalue weighted by molar-refractivity contribution is 0.0497. The van der Waals surface area contributed by atoms with Gasteiger partial charge in [-0.2, -0.15) is 0 Å². The molecule has 0 fully saturated rings. The number of hydrogen-bond acceptors (Lipinski definition) is 2. The van der Waals surface area contributed by atoms with E-state index in [1.807, 2.05) is 0 Å². The van der Waals surface area contributed by atoms with Crippen molar-refractivity contribution in [2.75, 3.05) is 6.61 Å². The Labute approximate surface area is 128 Å². The van der Waals surface area contributed by atoms with Gasteiger partial charge in [0, 0.05) is 5.56 Å². The second kappa shape index (κ2) is 10.9. The summed E-state index contributed by atoms with van der Waals surface area (Å²) in [6.07, 6.45) is 9.80. The predicted molar refractivity (Wildman–Crippen MR) is 85.6 cm³/mol. The highest BCUT2D eigenvalue weighted by Crippen LogP contribution is 2.15. The molecule has 3 nitrogen and oxygen atoms in total. The molecule has 0 saturated carbocycles. The lowest BCUT2D eigenvalue weighted by Gasteiger charge is -2.05. The highest BCUT2D eigenvalue weighted by Gasteiger charge is 2.07. The predicted octanol–water partition coefficient (Wildman–Crippen LogP) is 5.53. The first-order chi connectivity index (χ1) is 10.3. The number of nitrogens with zero attached hydrogens (tertiary/aromatic N) is 1. The summed E-state index contributed by atoms with van der Waals surface area (Å²) < 4.78 is 5.23. The zero-order valence-electron chi connectivity index (χ0n) is 12.9. The molecule has 0 aliphatic carbocycles. The number of benzene rings is 1. The Morgan fingerprint density at radius 2 is 1.76 bits per heavy atom. The molecular weight excluding hydrogens is 262 g/mol. The van der Waals surface area contributed by atoms with E-state index in [2.05, 4.69) is 11.8 Å². The summed E-state index contributed by atoms with van der Waals surface area (Å²) in [5.74, 6) is -0.330. The van der Waals surface area contributed by atoms with Gasteiger partial charge < -0.3 is 4.74 Å². The fourth-order valence-corrected chi connectivity index (χ4v) is 2.19. The Balaban J connectivity index is 2.10. The number of carbonyl (C=O) groups is 1. The molecule has 0 aromatic heterocycles. The van der Waals surface area contributed by atoms with Gasteiger partial charge in [-0.15, -0.1) is 0 Å². The molecule has 0 N–H and O–H groups in total. The Hall–Kier alpha value is -1.82. The van der Waals surface area contributed by atoms with Crippen molar-refractivity contribution in [3.8, 4) is 0 Å². The second-order valence-corrected chi connectivity index (χ2v) is 5.27. The summed E-state index contributed by atoms with van der Waals surface area (Å²) in [4.78, 5) is 15.1. The maximum Gasteiger partial charge on any atom is 0.336 e. The fraction of sp³-hybridized carbons (Fsp3) is 0.556. The minimum Gasteiger partial charge on any atom is -0.462 e. The number of rotatable bonds is 10. The van der Waals surface area contributed by atoms with Crippen molar-refractivity contribution in [3.05, 3.63) is 41.2 Å². The minimum absolute atomic E-state index is 0.330. The van der Waals surface area contributed by atoms with Crippen LogP contribution in [0.5, 0.6) is 0 Å². The first kappa shape index (κ1) is 17.2. The summed E-state index contributed by atoms with van der Waals surface area (Å²) in [5.41, 5.74) is 0.930. The van der Waals surface area contributed by atoms with Crippen LogP contribution in [0.2, 0.25) is 0 Å². The Morgan fingerprint density at radius 3 is 2.43 bits per heavy atom. The van der Waals surface area contributed by atoms with Crippen LogP contribution in [0, 0.1) is 6.57 Å². The fourth-order valence-electron chi connectivity index (χ4n) is 2.19. The molecule has 0 amide bonds. The molecule has 1 rings (SSSR count). The van der Waals surface area contributed by atoms with Crippen LogP contribution in [-0.2, 0) is 4.74 Å². The van der Waals surface area contributed by atoms with E-state index in [4.69, 9.17) is 11.3 Å². The quantitative estimate of drug-likeness (QED) is 0.321. The van der Waals surface area contributed by atoms with Gasteiger partial charge in [0.25, 0.3) is 0 Å². The summed E-state index contributed by atoms with van der Waals surface area (Å²) in [6.45, 7) is 9.62. The average molecular weight is 287 g/mol. The van der Waals surface area contributed by atoms with E-state index in [0.717, 1.165) is 12.8 Å². The van der Waals surface area contributed by atoms with Crippen LogP contribution in [0.4, 0.5) is 5.69 Å². The maximum atomic E-state index is 11.8. The molecule has 114 valence electrons. The van der Waals surface area contributed by atoms with Crippen LogP contribution >= 0.6 is 0 Å². The third-order valence-electron chi connectivity index (χ3n) is 3.44. The van der Waals surface area contributed by atoms with Crippen molar-refractivity contribution in [1.82, 2.24) is 0 Å². The van der Waals surface area contributed by atoms with E-state index in [1.54, 1.807) is 24.3 Å². The van der Waals surface area contributed by atoms with E-state index < -0.39 is 0 Å². The van der Waals surface area contributed by atoms with Crippen molar-refractivity contribution in [2.45, 2.75) is 58.3 Å². The van der Waals surface area contributed by atoms with E-state index >= 15 is 0 Å². The van der Waals surface area contributed by atoms with E-state index in [-0.39, 0.29) is 5.97 Å². The molecule has 21 heavy (non-hydrogen) atoms. The highest BCUT2D eigenvalue weighted by molar-refractivity contribution is 5.90. The Morgan fingerprint density at radius 1 is 1.10 bits per heavy atom. The number of ether oxygens (including phenoxy) is 1.